The molecule has 2 atom stereocenters. The number of hydrogen-bond donors (Lipinski definition) is 2. The molecule has 2 aromatic rings. The highest BCUT2D eigenvalue weighted by Gasteiger charge is 2.41. The van der Waals surface area contributed by atoms with Gasteiger partial charge in [0.1, 0.15) is 18.2 Å². The molecule has 2 aromatic carbocycles. The van der Waals surface area contributed by atoms with E-state index in [0.717, 1.165) is 22.3 Å². The van der Waals surface area contributed by atoms with Crippen molar-refractivity contribution in [2.75, 3.05) is 19.7 Å². The SMILES string of the molecule is CC(C)(C)OC(=O)N1CC(CNC(=O)OCC2c3ccccc3-c3ccccc32)CC1C(=O)O. The lowest BCUT2D eigenvalue weighted by Crippen LogP contribution is -2.43. The number of nitrogens with zero attached hydrogens (tertiary/aromatic N) is 1. The van der Waals surface area contributed by atoms with Crippen LogP contribution in [0.2, 0.25) is 0 Å². The topological polar surface area (TPSA) is 105 Å². The number of benzene rings is 2. The molecule has 180 valence electrons. The Labute approximate surface area is 198 Å². The fraction of sp³-hybridized carbons (Fsp3) is 0.423. The predicted molar refractivity (Wildman–Crippen MR) is 126 cm³/mol. The van der Waals surface area contributed by atoms with Gasteiger partial charge in [-0.25, -0.2) is 14.4 Å². The summed E-state index contributed by atoms with van der Waals surface area (Å²) in [6, 6.07) is 15.2. The highest BCUT2D eigenvalue weighted by Crippen LogP contribution is 2.44. The van der Waals surface area contributed by atoms with E-state index in [0.29, 0.717) is 0 Å². The van der Waals surface area contributed by atoms with Crippen molar-refractivity contribution in [3.63, 3.8) is 0 Å². The second-order valence-corrected chi connectivity index (χ2v) is 9.79. The third kappa shape index (κ3) is 5.00. The molecule has 34 heavy (non-hydrogen) atoms. The van der Waals surface area contributed by atoms with Gasteiger partial charge in [-0.1, -0.05) is 48.5 Å². The van der Waals surface area contributed by atoms with E-state index in [1.54, 1.807) is 20.8 Å². The summed E-state index contributed by atoms with van der Waals surface area (Å²) in [7, 11) is 0. The van der Waals surface area contributed by atoms with Crippen LogP contribution in [0.1, 0.15) is 44.2 Å². The monoisotopic (exact) mass is 466 g/mol. The van der Waals surface area contributed by atoms with Crippen LogP contribution in [0.15, 0.2) is 48.5 Å². The molecule has 1 fully saturated rings. The number of carboxylic acid groups (broad SMARTS) is 1. The summed E-state index contributed by atoms with van der Waals surface area (Å²) in [6.07, 6.45) is -0.994. The summed E-state index contributed by atoms with van der Waals surface area (Å²) >= 11 is 0. The molecule has 2 N–H and O–H groups in total. The van der Waals surface area contributed by atoms with E-state index in [-0.39, 0.29) is 38.0 Å². The second kappa shape index (κ2) is 9.37. The van der Waals surface area contributed by atoms with Gasteiger partial charge in [0.2, 0.25) is 0 Å². The van der Waals surface area contributed by atoms with Gasteiger partial charge in [-0.3, -0.25) is 4.90 Å². The first-order chi connectivity index (χ1) is 16.1. The summed E-state index contributed by atoms with van der Waals surface area (Å²) in [4.78, 5) is 37.8. The number of likely N-dealkylation sites (tertiary alicyclic amines) is 1. The molecule has 2 aliphatic rings. The minimum Gasteiger partial charge on any atom is -0.480 e. The summed E-state index contributed by atoms with van der Waals surface area (Å²) in [6.45, 7) is 5.79. The Kier molecular flexibility index (Phi) is 6.50. The number of hydrogen-bond acceptors (Lipinski definition) is 5. The van der Waals surface area contributed by atoms with E-state index in [2.05, 4.69) is 29.6 Å². The van der Waals surface area contributed by atoms with E-state index in [9.17, 15) is 19.5 Å². The van der Waals surface area contributed by atoms with Crippen molar-refractivity contribution in [3.8, 4) is 11.1 Å². The van der Waals surface area contributed by atoms with Crippen LogP contribution in [0.3, 0.4) is 0 Å². The van der Waals surface area contributed by atoms with Crippen LogP contribution in [0, 0.1) is 5.92 Å². The first-order valence-electron chi connectivity index (χ1n) is 11.5. The Morgan fingerprint density at radius 3 is 2.18 bits per heavy atom. The van der Waals surface area contributed by atoms with Gasteiger partial charge < -0.3 is 19.9 Å². The molecule has 2 amide bonds. The number of amides is 2. The number of alkyl carbamates (subject to hydrolysis) is 1. The van der Waals surface area contributed by atoms with Crippen molar-refractivity contribution in [1.82, 2.24) is 10.2 Å². The Morgan fingerprint density at radius 2 is 1.62 bits per heavy atom. The first kappa shape index (κ1) is 23.6. The smallest absolute Gasteiger partial charge is 0.411 e. The zero-order chi connectivity index (χ0) is 24.5. The molecule has 1 saturated heterocycles. The third-order valence-corrected chi connectivity index (χ3v) is 6.18. The average molecular weight is 467 g/mol. The third-order valence-electron chi connectivity index (χ3n) is 6.18. The lowest BCUT2D eigenvalue weighted by Gasteiger charge is -2.26. The molecule has 2 unspecified atom stereocenters. The van der Waals surface area contributed by atoms with Crippen LogP contribution in [0.5, 0.6) is 0 Å². The lowest BCUT2D eigenvalue weighted by molar-refractivity contribution is -0.142. The molecule has 0 saturated carbocycles. The van der Waals surface area contributed by atoms with Crippen LogP contribution < -0.4 is 5.32 Å². The highest BCUT2D eigenvalue weighted by atomic mass is 16.6. The predicted octanol–water partition coefficient (Wildman–Crippen LogP) is 4.24. The van der Waals surface area contributed by atoms with Crippen molar-refractivity contribution in [3.05, 3.63) is 59.7 Å². The first-order valence-corrected chi connectivity index (χ1v) is 11.5. The average Bonchev–Trinajstić information content (AvgIpc) is 3.35. The van der Waals surface area contributed by atoms with Gasteiger partial charge in [-0.2, -0.15) is 0 Å². The van der Waals surface area contributed by atoms with Crippen LogP contribution in [0.4, 0.5) is 9.59 Å². The molecular formula is C26H30N2O6. The van der Waals surface area contributed by atoms with Gasteiger partial charge in [-0.15, -0.1) is 0 Å². The molecule has 0 aromatic heterocycles. The van der Waals surface area contributed by atoms with Crippen molar-refractivity contribution in [1.29, 1.82) is 0 Å². The van der Waals surface area contributed by atoms with Crippen LogP contribution in [-0.2, 0) is 14.3 Å². The van der Waals surface area contributed by atoms with Crippen molar-refractivity contribution in [2.45, 2.75) is 44.8 Å². The van der Waals surface area contributed by atoms with Gasteiger partial charge in [0, 0.05) is 19.0 Å². The molecular weight excluding hydrogens is 436 g/mol. The number of nitrogens with one attached hydrogen (secondary N) is 1. The molecule has 8 nitrogen and oxygen atoms in total. The molecule has 4 rings (SSSR count). The van der Waals surface area contributed by atoms with E-state index in [1.165, 1.54) is 4.90 Å². The number of carboxylic acids is 1. The van der Waals surface area contributed by atoms with Gasteiger partial charge in [0.25, 0.3) is 0 Å². The van der Waals surface area contributed by atoms with E-state index in [4.69, 9.17) is 9.47 Å². The van der Waals surface area contributed by atoms with Gasteiger partial charge in [-0.05, 0) is 55.4 Å². The number of fused-ring (bicyclic) bond motifs is 3. The standard InChI is InChI=1S/C26H30N2O6/c1-26(2,3)34-25(32)28-14-16(12-22(28)23(29)30)13-27-24(31)33-15-21-19-10-6-4-8-17(19)18-9-5-7-11-20(18)21/h4-11,16,21-22H,12-15H2,1-3H3,(H,27,31)(H,29,30). The van der Waals surface area contributed by atoms with Gasteiger partial charge in [0.05, 0.1) is 0 Å². The van der Waals surface area contributed by atoms with Crippen LogP contribution in [-0.4, -0.2) is 59.5 Å². The Morgan fingerprint density at radius 1 is 1.03 bits per heavy atom. The van der Waals surface area contributed by atoms with E-state index >= 15 is 0 Å². The number of carbonyl (C=O) groups is 3. The maximum absolute atomic E-state index is 12.4. The Hall–Kier alpha value is -3.55. The summed E-state index contributed by atoms with van der Waals surface area (Å²) in [5.41, 5.74) is 3.84. The highest BCUT2D eigenvalue weighted by molar-refractivity contribution is 5.81. The lowest BCUT2D eigenvalue weighted by atomic mass is 9.98. The fourth-order valence-corrected chi connectivity index (χ4v) is 4.70. The molecule has 1 heterocycles. The van der Waals surface area contributed by atoms with Crippen LogP contribution >= 0.6 is 0 Å². The van der Waals surface area contributed by atoms with Gasteiger partial charge >= 0.3 is 18.2 Å². The number of aliphatic carboxylic acids is 1. The molecule has 0 spiro atoms. The largest absolute Gasteiger partial charge is 0.480 e. The minimum atomic E-state index is -1.09. The molecule has 0 bridgehead atoms. The maximum atomic E-state index is 12.4. The summed E-state index contributed by atoms with van der Waals surface area (Å²) in [5, 5.41) is 12.3. The fourth-order valence-electron chi connectivity index (χ4n) is 4.70. The number of rotatable bonds is 5. The summed E-state index contributed by atoms with van der Waals surface area (Å²) in [5.74, 6) is -1.34. The van der Waals surface area contributed by atoms with Crippen molar-refractivity contribution in [2.24, 2.45) is 5.92 Å². The molecule has 1 aliphatic heterocycles. The molecule has 8 heteroatoms. The maximum Gasteiger partial charge on any atom is 0.411 e. The van der Waals surface area contributed by atoms with E-state index < -0.39 is 29.8 Å². The normalized spacial score (nSPS) is 19.3. The minimum absolute atomic E-state index is 0.0383. The Balaban J connectivity index is 1.32. The summed E-state index contributed by atoms with van der Waals surface area (Å²) < 4.78 is 10.9. The Bertz CT molecular complexity index is 1050. The van der Waals surface area contributed by atoms with Gasteiger partial charge in [0.15, 0.2) is 0 Å². The number of ether oxygens (including phenoxy) is 2. The zero-order valence-corrected chi connectivity index (χ0v) is 19.6. The van der Waals surface area contributed by atoms with E-state index in [1.807, 2.05) is 24.3 Å². The zero-order valence-electron chi connectivity index (χ0n) is 19.6. The number of carbonyl (C=O) groups excluding carboxylic acids is 2. The van der Waals surface area contributed by atoms with Crippen LogP contribution in [0.25, 0.3) is 11.1 Å². The molecule has 1 aliphatic carbocycles. The molecule has 0 radical (unpaired) electrons. The second-order valence-electron chi connectivity index (χ2n) is 9.79. The quantitative estimate of drug-likeness (QED) is 0.683. The van der Waals surface area contributed by atoms with Crippen molar-refractivity contribution < 1.29 is 29.0 Å². The van der Waals surface area contributed by atoms with Crippen molar-refractivity contribution >= 4 is 18.2 Å².